The zero-order valence-electron chi connectivity index (χ0n) is 11.6. The predicted octanol–water partition coefficient (Wildman–Crippen LogP) is 3.59. The molecule has 0 amide bonds. The van der Waals surface area contributed by atoms with Crippen LogP contribution < -0.4 is 0 Å². The molecule has 0 fully saturated rings. The van der Waals surface area contributed by atoms with E-state index in [0.29, 0.717) is 16.1 Å². The summed E-state index contributed by atoms with van der Waals surface area (Å²) in [6.07, 6.45) is 1.50. The molecule has 0 aromatic heterocycles. The number of hydrogen-bond acceptors (Lipinski definition) is 5. The number of carbonyl (C=O) groups excluding carboxylic acids is 1. The summed E-state index contributed by atoms with van der Waals surface area (Å²) in [5.74, 6) is -0.413. The molecule has 0 aliphatic carbocycles. The average Bonchev–Trinajstić information content (AvgIpc) is 2.89. The number of nitro groups is 1. The normalized spacial score (nSPS) is 15.4. The predicted molar refractivity (Wildman–Crippen MR) is 85.2 cm³/mol. The van der Waals surface area contributed by atoms with Crippen LogP contribution in [0.15, 0.2) is 59.2 Å². The largest absolute Gasteiger partial charge is 0.402 e. The molecule has 1 aliphatic heterocycles. The Labute approximate surface area is 135 Å². The molecule has 0 unspecified atom stereocenters. The first-order chi connectivity index (χ1) is 11.0. The number of esters is 1. The second-order valence-corrected chi connectivity index (χ2v) is 5.13. The van der Waals surface area contributed by atoms with Crippen molar-refractivity contribution in [2.24, 2.45) is 4.99 Å². The Morgan fingerprint density at radius 1 is 1.17 bits per heavy atom. The van der Waals surface area contributed by atoms with E-state index in [4.69, 9.17) is 16.3 Å². The smallest absolute Gasteiger partial charge is 0.363 e. The zero-order valence-corrected chi connectivity index (χ0v) is 12.4. The molecule has 0 bridgehead atoms. The van der Waals surface area contributed by atoms with Crippen LogP contribution in [0.1, 0.15) is 11.1 Å². The summed E-state index contributed by atoms with van der Waals surface area (Å²) in [6.45, 7) is 0. The molecule has 2 aromatic carbocycles. The van der Waals surface area contributed by atoms with E-state index in [1.54, 1.807) is 24.3 Å². The van der Waals surface area contributed by atoms with Crippen molar-refractivity contribution in [3.63, 3.8) is 0 Å². The molecule has 0 saturated heterocycles. The number of carbonyl (C=O) groups is 1. The molecular weight excluding hydrogens is 320 g/mol. The summed E-state index contributed by atoms with van der Waals surface area (Å²) in [6, 6.07) is 12.6. The van der Waals surface area contributed by atoms with Crippen molar-refractivity contribution >= 4 is 35.2 Å². The summed E-state index contributed by atoms with van der Waals surface area (Å²) in [7, 11) is 0. The van der Waals surface area contributed by atoms with Crippen molar-refractivity contribution in [3.8, 4) is 0 Å². The number of hydrogen-bond donors (Lipinski definition) is 0. The maximum Gasteiger partial charge on any atom is 0.363 e. The molecule has 23 heavy (non-hydrogen) atoms. The lowest BCUT2D eigenvalue weighted by atomic mass is 10.2. The van der Waals surface area contributed by atoms with E-state index in [1.165, 1.54) is 30.3 Å². The first-order valence-electron chi connectivity index (χ1n) is 6.56. The van der Waals surface area contributed by atoms with Crippen LogP contribution in [0.3, 0.4) is 0 Å². The molecule has 1 heterocycles. The lowest BCUT2D eigenvalue weighted by molar-refractivity contribution is -0.384. The Bertz CT molecular complexity index is 857. The van der Waals surface area contributed by atoms with E-state index < -0.39 is 10.9 Å². The van der Waals surface area contributed by atoms with E-state index in [2.05, 4.69) is 4.99 Å². The van der Waals surface area contributed by atoms with Crippen molar-refractivity contribution < 1.29 is 14.5 Å². The number of nitro benzene ring substituents is 1. The van der Waals surface area contributed by atoms with Gasteiger partial charge < -0.3 is 4.74 Å². The number of non-ortho nitro benzene ring substituents is 1. The number of cyclic esters (lactones) is 1. The van der Waals surface area contributed by atoms with Gasteiger partial charge in [-0.3, -0.25) is 10.1 Å². The molecule has 3 rings (SSSR count). The van der Waals surface area contributed by atoms with Crippen molar-refractivity contribution in [1.29, 1.82) is 0 Å². The molecule has 0 radical (unpaired) electrons. The Balaban J connectivity index is 1.90. The van der Waals surface area contributed by atoms with E-state index in [9.17, 15) is 14.9 Å². The van der Waals surface area contributed by atoms with E-state index >= 15 is 0 Å². The minimum atomic E-state index is -0.585. The van der Waals surface area contributed by atoms with Crippen LogP contribution in [0.25, 0.3) is 6.08 Å². The van der Waals surface area contributed by atoms with Gasteiger partial charge in [-0.15, -0.1) is 0 Å². The van der Waals surface area contributed by atoms with Crippen molar-refractivity contribution in [1.82, 2.24) is 0 Å². The summed E-state index contributed by atoms with van der Waals surface area (Å²) in [5, 5.41) is 11.1. The Morgan fingerprint density at radius 2 is 1.91 bits per heavy atom. The Hall–Kier alpha value is -2.99. The third-order valence-corrected chi connectivity index (χ3v) is 3.33. The highest BCUT2D eigenvalue weighted by Gasteiger charge is 2.24. The Morgan fingerprint density at radius 3 is 2.57 bits per heavy atom. The zero-order chi connectivity index (χ0) is 16.4. The summed E-state index contributed by atoms with van der Waals surface area (Å²) in [5.41, 5.74) is 1.30. The second kappa shape index (κ2) is 6.02. The van der Waals surface area contributed by atoms with Gasteiger partial charge in [0.1, 0.15) is 0 Å². The number of nitrogens with zero attached hydrogens (tertiary/aromatic N) is 2. The molecule has 2 aromatic rings. The fraction of sp³-hybridized carbons (Fsp3) is 0. The maximum absolute atomic E-state index is 11.9. The minimum Gasteiger partial charge on any atom is -0.402 e. The summed E-state index contributed by atoms with van der Waals surface area (Å²) in [4.78, 5) is 26.2. The number of aliphatic imine (C=N–C) groups is 1. The van der Waals surface area contributed by atoms with Gasteiger partial charge in [0, 0.05) is 22.7 Å². The third kappa shape index (κ3) is 3.27. The summed E-state index contributed by atoms with van der Waals surface area (Å²) >= 11 is 5.90. The molecule has 0 N–H and O–H groups in total. The minimum absolute atomic E-state index is 0.0238. The lowest BCUT2D eigenvalue weighted by Gasteiger charge is -1.98. The fourth-order valence-electron chi connectivity index (χ4n) is 2.00. The molecule has 7 heteroatoms. The van der Waals surface area contributed by atoms with Crippen LogP contribution >= 0.6 is 11.6 Å². The molecule has 114 valence electrons. The standard InChI is InChI=1S/C16H9ClN2O4/c17-12-3-1-2-11(9-12)15-18-14(16(20)23-15)8-10-4-6-13(7-5-10)19(21)22/h1-9H/b14-8-. The van der Waals surface area contributed by atoms with Gasteiger partial charge in [0.05, 0.1) is 4.92 Å². The van der Waals surface area contributed by atoms with E-state index in [1.807, 2.05) is 0 Å². The molecule has 1 aliphatic rings. The SMILES string of the molecule is O=C1OC(c2cccc(Cl)c2)=N/C1=C\c1ccc([N+](=O)[O-])cc1. The van der Waals surface area contributed by atoms with Crippen molar-refractivity contribution in [3.05, 3.63) is 80.5 Å². The first kappa shape index (κ1) is 14.9. The molecular formula is C16H9ClN2O4. The van der Waals surface area contributed by atoms with Gasteiger partial charge in [0.25, 0.3) is 5.69 Å². The lowest BCUT2D eigenvalue weighted by Crippen LogP contribution is -2.05. The first-order valence-corrected chi connectivity index (χ1v) is 6.94. The van der Waals surface area contributed by atoms with Gasteiger partial charge in [-0.1, -0.05) is 17.7 Å². The molecule has 0 saturated carbocycles. The molecule has 0 atom stereocenters. The molecule has 0 spiro atoms. The third-order valence-electron chi connectivity index (χ3n) is 3.10. The van der Waals surface area contributed by atoms with Crippen LogP contribution in [0, 0.1) is 10.1 Å². The molecule has 6 nitrogen and oxygen atoms in total. The van der Waals surface area contributed by atoms with Gasteiger partial charge in [-0.05, 0) is 42.0 Å². The van der Waals surface area contributed by atoms with Crippen LogP contribution in [-0.2, 0) is 9.53 Å². The van der Waals surface area contributed by atoms with Crippen LogP contribution in [0.4, 0.5) is 5.69 Å². The highest BCUT2D eigenvalue weighted by molar-refractivity contribution is 6.31. The average molecular weight is 329 g/mol. The van der Waals surface area contributed by atoms with E-state index in [0.717, 1.165) is 0 Å². The Kier molecular flexibility index (Phi) is 3.91. The monoisotopic (exact) mass is 328 g/mol. The fourth-order valence-corrected chi connectivity index (χ4v) is 2.19. The van der Waals surface area contributed by atoms with E-state index in [-0.39, 0.29) is 17.3 Å². The maximum atomic E-state index is 11.9. The quantitative estimate of drug-likeness (QED) is 0.373. The topological polar surface area (TPSA) is 81.8 Å². The highest BCUT2D eigenvalue weighted by Crippen LogP contribution is 2.21. The highest BCUT2D eigenvalue weighted by atomic mass is 35.5. The van der Waals surface area contributed by atoms with Crippen molar-refractivity contribution in [2.75, 3.05) is 0 Å². The number of ether oxygens (including phenoxy) is 1. The van der Waals surface area contributed by atoms with Gasteiger partial charge in [-0.2, -0.15) is 0 Å². The number of rotatable bonds is 3. The van der Waals surface area contributed by atoms with Crippen LogP contribution in [0.2, 0.25) is 5.02 Å². The van der Waals surface area contributed by atoms with Gasteiger partial charge in [0.2, 0.25) is 5.90 Å². The number of halogens is 1. The van der Waals surface area contributed by atoms with Crippen LogP contribution in [0.5, 0.6) is 0 Å². The second-order valence-electron chi connectivity index (χ2n) is 4.70. The van der Waals surface area contributed by atoms with Gasteiger partial charge in [0.15, 0.2) is 5.70 Å². The van der Waals surface area contributed by atoms with Crippen LogP contribution in [-0.4, -0.2) is 16.8 Å². The number of benzene rings is 2. The van der Waals surface area contributed by atoms with Gasteiger partial charge >= 0.3 is 5.97 Å². The van der Waals surface area contributed by atoms with Gasteiger partial charge in [-0.25, -0.2) is 9.79 Å². The van der Waals surface area contributed by atoms with Crippen molar-refractivity contribution in [2.45, 2.75) is 0 Å². The summed E-state index contributed by atoms with van der Waals surface area (Å²) < 4.78 is 5.13.